The number of hydrogen-bond acceptors (Lipinski definition) is 19. The molecule has 5 aromatic carbocycles. The highest BCUT2D eigenvalue weighted by molar-refractivity contribution is 8.00. The van der Waals surface area contributed by atoms with Crippen molar-refractivity contribution in [3.63, 3.8) is 0 Å². The summed E-state index contributed by atoms with van der Waals surface area (Å²) in [4.78, 5) is 224. The summed E-state index contributed by atoms with van der Waals surface area (Å²) in [5.74, 6) is -17.8. The number of aliphatic hydroxyl groups excluding tert-OH is 1. The van der Waals surface area contributed by atoms with Crippen molar-refractivity contribution in [3.8, 4) is 0 Å². The summed E-state index contributed by atoms with van der Waals surface area (Å²) in [6, 6.07) is 16.6. The highest BCUT2D eigenvalue weighted by Crippen LogP contribution is 2.24. The van der Waals surface area contributed by atoms with Crippen LogP contribution >= 0.6 is 11.8 Å². The largest absolute Gasteiger partial charge is 0.481 e. The highest BCUT2D eigenvalue weighted by atomic mass is 32.2. The van der Waals surface area contributed by atoms with E-state index >= 15 is 24.0 Å². The summed E-state index contributed by atoms with van der Waals surface area (Å²) >= 11 is 0.854. The number of guanidine groups is 1. The predicted molar refractivity (Wildman–Crippen MR) is 470 cm³/mol. The number of primary amides is 1. The molecule has 1 aliphatic rings. The topological polar surface area (TPSA) is 598 Å². The third kappa shape index (κ3) is 29.9. The lowest BCUT2D eigenvalue weighted by Gasteiger charge is -2.29. The first kappa shape index (κ1) is 97.5. The number of fused-ring (bicyclic) bond motifs is 3. The Balaban J connectivity index is 1.17. The van der Waals surface area contributed by atoms with Crippen LogP contribution < -0.4 is 91.6 Å². The smallest absolute Gasteiger partial charge is 0.305 e. The van der Waals surface area contributed by atoms with Crippen molar-refractivity contribution in [2.45, 2.75) is 197 Å². The number of unbranched alkanes of at least 4 members (excludes halogenated alkanes) is 2. The van der Waals surface area contributed by atoms with Crippen molar-refractivity contribution in [1.82, 2.24) is 84.4 Å². The minimum Gasteiger partial charge on any atom is -0.481 e. The number of nitrogens with two attached hydrogens (primary N) is 3. The summed E-state index contributed by atoms with van der Waals surface area (Å²) in [6.07, 6.45) is 2.40. The molecule has 2 aromatic heterocycles. The normalized spacial score (nSPS) is 22.8. The zero-order valence-corrected chi connectivity index (χ0v) is 71.4. The summed E-state index contributed by atoms with van der Waals surface area (Å²) < 4.78 is 0. The third-order valence-electron chi connectivity index (χ3n) is 21.4. The van der Waals surface area contributed by atoms with E-state index in [4.69, 9.17) is 22.6 Å². The van der Waals surface area contributed by atoms with E-state index in [1.165, 1.54) is 0 Å². The van der Waals surface area contributed by atoms with E-state index in [1.807, 2.05) is 43.3 Å². The van der Waals surface area contributed by atoms with E-state index in [0.717, 1.165) is 22.5 Å². The van der Waals surface area contributed by atoms with Gasteiger partial charge < -0.3 is 112 Å². The number of carboxylic acids is 1. The molecule has 38 heteroatoms. The molecule has 13 atom stereocenters. The van der Waals surface area contributed by atoms with Crippen LogP contribution in [0.4, 0.5) is 0 Å². The maximum Gasteiger partial charge on any atom is 0.305 e. The summed E-state index contributed by atoms with van der Waals surface area (Å²) in [6.45, 7) is 6.56. The Kier molecular flexibility index (Phi) is 38.0. The van der Waals surface area contributed by atoms with Crippen molar-refractivity contribution in [2.75, 3.05) is 37.7 Å². The lowest BCUT2D eigenvalue weighted by atomic mass is 9.96. The number of benzene rings is 5. The van der Waals surface area contributed by atoms with Crippen molar-refractivity contribution in [1.29, 1.82) is 5.41 Å². The van der Waals surface area contributed by atoms with Gasteiger partial charge in [-0.15, -0.1) is 11.8 Å². The van der Waals surface area contributed by atoms with Gasteiger partial charge in [0.2, 0.25) is 82.7 Å². The third-order valence-corrected chi connectivity index (χ3v) is 22.5. The van der Waals surface area contributed by atoms with Gasteiger partial charge in [0, 0.05) is 72.2 Å². The quantitative estimate of drug-likeness (QED) is 0.0193. The molecule has 1 saturated heterocycles. The van der Waals surface area contributed by atoms with Gasteiger partial charge in [-0.3, -0.25) is 77.3 Å². The molecule has 3 heterocycles. The van der Waals surface area contributed by atoms with E-state index in [2.05, 4.69) is 84.4 Å². The number of rotatable bonds is 26. The molecule has 14 amide bonds. The number of aromatic amines is 2. The lowest BCUT2D eigenvalue weighted by Crippen LogP contribution is -2.61. The number of aliphatic carboxylic acids is 1. The van der Waals surface area contributed by atoms with Crippen LogP contribution in [0.2, 0.25) is 0 Å². The average molecular weight is 1750 g/mol. The fourth-order valence-electron chi connectivity index (χ4n) is 14.3. The molecule has 0 bridgehead atoms. The molecule has 1 aliphatic heterocycles. The molecule has 25 N–H and O–H groups in total. The number of carbonyl (C=O) groups is 15. The van der Waals surface area contributed by atoms with Gasteiger partial charge in [0.1, 0.15) is 72.5 Å². The van der Waals surface area contributed by atoms with Crippen LogP contribution in [0.15, 0.2) is 134 Å². The molecule has 0 saturated carbocycles. The maximum absolute atomic E-state index is 15.2. The summed E-state index contributed by atoms with van der Waals surface area (Å²) in [5, 5.41) is 68.6. The van der Waals surface area contributed by atoms with Crippen molar-refractivity contribution < 1.29 is 82.1 Å². The molecule has 1 fully saturated rings. The van der Waals surface area contributed by atoms with Crippen molar-refractivity contribution >= 4 is 139 Å². The Morgan fingerprint density at radius 2 is 0.944 bits per heavy atom. The Morgan fingerprint density at radius 3 is 1.50 bits per heavy atom. The first-order valence-electron chi connectivity index (χ1n) is 41.9. The van der Waals surface area contributed by atoms with Gasteiger partial charge in [0.05, 0.1) is 25.3 Å². The van der Waals surface area contributed by atoms with Gasteiger partial charge in [-0.05, 0) is 102 Å². The molecule has 672 valence electrons. The van der Waals surface area contributed by atoms with Crippen molar-refractivity contribution in [2.24, 2.45) is 29.0 Å². The van der Waals surface area contributed by atoms with Crippen LogP contribution in [0, 0.1) is 17.2 Å². The second-order valence-corrected chi connectivity index (χ2v) is 32.4. The Hall–Kier alpha value is -13.0. The first-order valence-corrected chi connectivity index (χ1v) is 43.0. The van der Waals surface area contributed by atoms with Gasteiger partial charge in [-0.2, -0.15) is 0 Å². The molecule has 7 aromatic rings. The molecule has 125 heavy (non-hydrogen) atoms. The number of aliphatic hydroxyl groups is 1. The number of thioether (sulfide) groups is 1. The number of carbonyl (C=O) groups excluding carboxylic acids is 14. The zero-order chi connectivity index (χ0) is 90.8. The standard InChI is InChI=1S/C87H116N20O17S/c1-6-8-27-61-78(116)98-62(31-20-35-92-87(90)91)79(117)101-66(40-55-43-94-59-29-17-15-26-57(55)59)84(122)106-73(48(3)4)85(123)105-69(75(89)113)46-125-47-71(110)97-63(37-50-21-10-9-11-22-50)80(118)100-64(38-51-32-33-52-23-12-13-24-53(52)36-51)83(121)107-74(49(5)7-2)86(124)104-68(45-108)76(114)95-44-70(109)96-60(30-18-19-34-88)77(115)103-67(41-72(111)112)82(120)102-65(81(119)99-61)39-54-42-93-58-28-16-14-25-56(54)58/h9-17,21-26,28-29,32-33,36,42-43,48-49,60-69,73-74,93-94,108H,6-8,18-20,27,30-31,34-35,37-41,44-47,88H2,1-5H3,(H2,89,113)(H,95,114)(H,96,109)(H,97,110)(H,98,116)(H,99,119)(H,100,118)(H,101,117)(H,102,120)(H,103,115)(H,104,124)(H,105,123)(H,106,122)(H,107,121)(H,111,112)(H4,90,91,92)/t49-,60-,61-,62-,63-,64-,65-,66-,67-,68-,69-,73-,74-/m0/s1. The number of para-hydroxylation sites is 2. The van der Waals surface area contributed by atoms with Crippen LogP contribution in [0.5, 0.6) is 0 Å². The molecule has 0 radical (unpaired) electrons. The minimum atomic E-state index is -1.98. The zero-order valence-electron chi connectivity index (χ0n) is 70.6. The summed E-state index contributed by atoms with van der Waals surface area (Å²) in [7, 11) is 0. The van der Waals surface area contributed by atoms with E-state index in [1.54, 1.807) is 125 Å². The maximum atomic E-state index is 15.2. The van der Waals surface area contributed by atoms with E-state index in [-0.39, 0.29) is 83.1 Å². The molecular weight excluding hydrogens is 1630 g/mol. The molecule has 0 unspecified atom stereocenters. The number of aromatic nitrogens is 2. The van der Waals surface area contributed by atoms with Gasteiger partial charge >= 0.3 is 5.97 Å². The first-order chi connectivity index (χ1) is 59.9. The Bertz CT molecular complexity index is 4950. The van der Waals surface area contributed by atoms with Crippen LogP contribution in [-0.4, -0.2) is 225 Å². The lowest BCUT2D eigenvalue weighted by molar-refractivity contribution is -0.141. The van der Waals surface area contributed by atoms with Crippen molar-refractivity contribution in [3.05, 3.63) is 156 Å². The Labute approximate surface area is 727 Å². The number of H-pyrrole nitrogens is 2. The fraction of sp³-hybridized carbons (Fsp3) is 0.448. The summed E-state index contributed by atoms with van der Waals surface area (Å²) in [5.41, 5.74) is 20.8. The van der Waals surface area contributed by atoms with Gasteiger partial charge in [0.15, 0.2) is 5.96 Å². The number of hydrogen-bond donors (Lipinski definition) is 22. The SMILES string of the molecule is CCCC[C@@H]1NC(=O)[C@H](Cc2c[nH]c3ccccc23)NC(=O)[C@H](CC(=O)O)NC(=O)[C@H](CCCCN)NC(=O)CNC(=O)[C@H](CO)NC(=O)[C@H]([C@@H](C)CC)NC(=O)[C@H](Cc2ccc3ccccc3c2)NC(=O)[C@H](Cc2ccccc2)NC(=O)CSC[C@@H](C(N)=O)NC(=O)[C@H](C(C)C)NC(=O)[C@H](Cc2c[nH]c3ccccc23)NC(=O)[C@H](CCCNC(=N)N)NC1=O. The second-order valence-electron chi connectivity index (χ2n) is 31.4. The highest BCUT2D eigenvalue weighted by Gasteiger charge is 2.39. The number of amides is 14. The van der Waals surface area contributed by atoms with Crippen LogP contribution in [0.25, 0.3) is 32.6 Å². The number of nitrogens with one attached hydrogen (secondary N) is 17. The van der Waals surface area contributed by atoms with Gasteiger partial charge in [-0.25, -0.2) is 0 Å². The van der Waals surface area contributed by atoms with E-state index in [9.17, 15) is 58.2 Å². The van der Waals surface area contributed by atoms with Crippen LogP contribution in [0.3, 0.4) is 0 Å². The molecule has 37 nitrogen and oxygen atoms in total. The van der Waals surface area contributed by atoms with Gasteiger partial charge in [-0.1, -0.05) is 163 Å². The molecule has 0 spiro atoms. The van der Waals surface area contributed by atoms with Gasteiger partial charge in [0.25, 0.3) is 0 Å². The minimum absolute atomic E-state index is 0.00859. The second kappa shape index (κ2) is 48.8. The van der Waals surface area contributed by atoms with E-state index < -0.39 is 204 Å². The molecular formula is C87H116N20O17S. The predicted octanol–water partition coefficient (Wildman–Crippen LogP) is -0.00953. The monoisotopic (exact) mass is 1740 g/mol. The molecule has 0 aliphatic carbocycles. The average Bonchev–Trinajstić information content (AvgIpc) is 1.69. The molecule has 8 rings (SSSR count). The fourth-order valence-corrected chi connectivity index (χ4v) is 15.2. The van der Waals surface area contributed by atoms with Crippen LogP contribution in [-0.2, 0) is 97.6 Å². The van der Waals surface area contributed by atoms with E-state index in [0.29, 0.717) is 63.3 Å². The van der Waals surface area contributed by atoms with Crippen LogP contribution in [0.1, 0.15) is 121 Å². The number of carboxylic acid groups (broad SMARTS) is 1. The Morgan fingerprint density at radius 1 is 0.480 bits per heavy atom.